The van der Waals surface area contributed by atoms with Crippen LogP contribution in [0.2, 0.25) is 0 Å². The van der Waals surface area contributed by atoms with E-state index in [0.29, 0.717) is 6.61 Å². The first kappa shape index (κ1) is 19.1. The lowest BCUT2D eigenvalue weighted by Crippen LogP contribution is -2.67. The first-order valence-corrected chi connectivity index (χ1v) is 9.90. The van der Waals surface area contributed by atoms with Gasteiger partial charge in [-0.15, -0.1) is 0 Å². The molecule has 6 nitrogen and oxygen atoms in total. The molecule has 0 bridgehead atoms. The molecule has 25 heavy (non-hydrogen) atoms. The van der Waals surface area contributed by atoms with Gasteiger partial charge in [0.1, 0.15) is 0 Å². The number of hydrogen-bond acceptors (Lipinski definition) is 6. The van der Waals surface area contributed by atoms with E-state index in [1.807, 2.05) is 6.92 Å². The molecule has 1 atom stereocenters. The van der Waals surface area contributed by atoms with Crippen LogP contribution in [0.1, 0.15) is 52.4 Å². The standard InChI is InChI=1S/C19H34N2O4/c1-4-24-17(22)15-7-9-16(10-8-15)25-18(20-11-5-6-12-20)21-13-19(2,14-21)23-3/h15-16,18H,4-14H2,1-3H3/t15-,16-,18?. The summed E-state index contributed by atoms with van der Waals surface area (Å²) in [6.45, 7) is 8.57. The minimum Gasteiger partial charge on any atom is -0.466 e. The van der Waals surface area contributed by atoms with Crippen LogP contribution in [0.25, 0.3) is 0 Å². The number of ether oxygens (including phenoxy) is 3. The van der Waals surface area contributed by atoms with E-state index in [0.717, 1.165) is 51.9 Å². The largest absolute Gasteiger partial charge is 0.466 e. The van der Waals surface area contributed by atoms with Crippen LogP contribution in [0, 0.1) is 5.92 Å². The highest BCUT2D eigenvalue weighted by Crippen LogP contribution is 2.33. The second-order valence-corrected chi connectivity index (χ2v) is 7.99. The maximum Gasteiger partial charge on any atom is 0.308 e. The molecule has 144 valence electrons. The van der Waals surface area contributed by atoms with Gasteiger partial charge in [-0.3, -0.25) is 14.6 Å². The first-order chi connectivity index (χ1) is 12.0. The number of hydrogen-bond donors (Lipinski definition) is 0. The van der Waals surface area contributed by atoms with E-state index in [2.05, 4.69) is 16.7 Å². The molecule has 1 aliphatic carbocycles. The van der Waals surface area contributed by atoms with Gasteiger partial charge in [-0.2, -0.15) is 0 Å². The number of methoxy groups -OCH3 is 1. The monoisotopic (exact) mass is 354 g/mol. The molecule has 1 saturated carbocycles. The van der Waals surface area contributed by atoms with E-state index in [1.54, 1.807) is 7.11 Å². The average Bonchev–Trinajstić information content (AvgIpc) is 3.12. The van der Waals surface area contributed by atoms with Crippen LogP contribution < -0.4 is 0 Å². The smallest absolute Gasteiger partial charge is 0.308 e. The van der Waals surface area contributed by atoms with Crippen molar-refractivity contribution >= 4 is 5.97 Å². The highest BCUT2D eigenvalue weighted by molar-refractivity contribution is 5.72. The molecule has 3 fully saturated rings. The van der Waals surface area contributed by atoms with Crippen LogP contribution in [-0.4, -0.2) is 73.7 Å². The molecule has 0 radical (unpaired) electrons. The molecule has 3 rings (SSSR count). The lowest BCUT2D eigenvalue weighted by atomic mass is 9.87. The zero-order valence-electron chi connectivity index (χ0n) is 16.0. The predicted molar refractivity (Wildman–Crippen MR) is 95.0 cm³/mol. The Labute approximate surface area is 151 Å². The maximum atomic E-state index is 11.9. The molecule has 2 saturated heterocycles. The highest BCUT2D eigenvalue weighted by atomic mass is 16.5. The summed E-state index contributed by atoms with van der Waals surface area (Å²) in [5.74, 6) is 0.0291. The molecule has 0 aromatic heterocycles. The fourth-order valence-electron chi connectivity index (χ4n) is 4.33. The minimum absolute atomic E-state index is 0.0318. The summed E-state index contributed by atoms with van der Waals surface area (Å²) in [5.41, 5.74) is -0.0388. The van der Waals surface area contributed by atoms with Gasteiger partial charge >= 0.3 is 5.97 Å². The molecule has 0 spiro atoms. The molecule has 1 unspecified atom stereocenters. The topological polar surface area (TPSA) is 51.2 Å². The van der Waals surface area contributed by atoms with Crippen LogP contribution in [0.3, 0.4) is 0 Å². The quantitative estimate of drug-likeness (QED) is 0.654. The van der Waals surface area contributed by atoms with Crippen LogP contribution >= 0.6 is 0 Å². The molecule has 2 heterocycles. The molecule has 6 heteroatoms. The van der Waals surface area contributed by atoms with Crippen molar-refractivity contribution in [3.8, 4) is 0 Å². The zero-order valence-corrected chi connectivity index (χ0v) is 16.0. The molecule has 0 amide bonds. The zero-order chi connectivity index (χ0) is 17.9. The summed E-state index contributed by atoms with van der Waals surface area (Å²) in [6.07, 6.45) is 6.47. The van der Waals surface area contributed by atoms with Crippen LogP contribution in [0.4, 0.5) is 0 Å². The molecule has 0 aromatic rings. The van der Waals surface area contributed by atoms with Gasteiger partial charge in [-0.25, -0.2) is 0 Å². The SMILES string of the molecule is CCOC(=O)[C@H]1CC[C@H](OC(N2CCCC2)N2CC(C)(OC)C2)CC1. The number of nitrogens with zero attached hydrogens (tertiary/aromatic N) is 2. The Morgan fingerprint density at radius 2 is 1.76 bits per heavy atom. The first-order valence-electron chi connectivity index (χ1n) is 9.90. The maximum absolute atomic E-state index is 11.9. The molecule has 2 aliphatic heterocycles. The van der Waals surface area contributed by atoms with Gasteiger partial charge in [-0.1, -0.05) is 0 Å². The summed E-state index contributed by atoms with van der Waals surface area (Å²) in [4.78, 5) is 16.8. The Kier molecular flexibility index (Phi) is 6.36. The Balaban J connectivity index is 1.52. The van der Waals surface area contributed by atoms with E-state index in [9.17, 15) is 4.79 Å². The Hall–Kier alpha value is -0.690. The third-order valence-corrected chi connectivity index (χ3v) is 5.94. The lowest BCUT2D eigenvalue weighted by Gasteiger charge is -2.52. The van der Waals surface area contributed by atoms with Crippen molar-refractivity contribution in [1.29, 1.82) is 0 Å². The van der Waals surface area contributed by atoms with Gasteiger partial charge in [-0.05, 0) is 52.4 Å². The normalized spacial score (nSPS) is 31.5. The fourth-order valence-corrected chi connectivity index (χ4v) is 4.33. The highest BCUT2D eigenvalue weighted by Gasteiger charge is 2.45. The van der Waals surface area contributed by atoms with Gasteiger partial charge in [0.05, 0.1) is 24.2 Å². The Morgan fingerprint density at radius 3 is 2.32 bits per heavy atom. The lowest BCUT2D eigenvalue weighted by molar-refractivity contribution is -0.244. The fraction of sp³-hybridized carbons (Fsp3) is 0.947. The second kappa shape index (κ2) is 8.33. The summed E-state index contributed by atoms with van der Waals surface area (Å²) in [7, 11) is 1.79. The number of esters is 1. The number of likely N-dealkylation sites (tertiary alicyclic amines) is 2. The third kappa shape index (κ3) is 4.54. The van der Waals surface area contributed by atoms with Gasteiger partial charge < -0.3 is 14.2 Å². The van der Waals surface area contributed by atoms with Gasteiger partial charge in [0, 0.05) is 33.3 Å². The minimum atomic E-state index is -0.0388. The van der Waals surface area contributed by atoms with Gasteiger partial charge in [0.2, 0.25) is 0 Å². The van der Waals surface area contributed by atoms with Gasteiger partial charge in [0.15, 0.2) is 6.35 Å². The van der Waals surface area contributed by atoms with Crippen molar-refractivity contribution in [3.05, 3.63) is 0 Å². The van der Waals surface area contributed by atoms with Crippen LogP contribution in [0.5, 0.6) is 0 Å². The summed E-state index contributed by atoms with van der Waals surface area (Å²) in [5, 5.41) is 0. The van der Waals surface area contributed by atoms with Crippen molar-refractivity contribution in [3.63, 3.8) is 0 Å². The van der Waals surface area contributed by atoms with E-state index in [-0.39, 0.29) is 29.9 Å². The van der Waals surface area contributed by atoms with E-state index < -0.39 is 0 Å². The van der Waals surface area contributed by atoms with Crippen molar-refractivity contribution < 1.29 is 19.0 Å². The van der Waals surface area contributed by atoms with E-state index >= 15 is 0 Å². The molecule has 0 aromatic carbocycles. The van der Waals surface area contributed by atoms with Crippen molar-refractivity contribution in [2.45, 2.75) is 70.4 Å². The molecule has 3 aliphatic rings. The molecular weight excluding hydrogens is 320 g/mol. The summed E-state index contributed by atoms with van der Waals surface area (Å²) >= 11 is 0. The van der Waals surface area contributed by atoms with Crippen LogP contribution in [0.15, 0.2) is 0 Å². The summed E-state index contributed by atoms with van der Waals surface area (Å²) < 4.78 is 17.3. The van der Waals surface area contributed by atoms with Crippen molar-refractivity contribution in [2.75, 3.05) is 39.9 Å². The van der Waals surface area contributed by atoms with Crippen molar-refractivity contribution in [2.24, 2.45) is 5.92 Å². The van der Waals surface area contributed by atoms with Gasteiger partial charge in [0.25, 0.3) is 0 Å². The van der Waals surface area contributed by atoms with Crippen molar-refractivity contribution in [1.82, 2.24) is 9.80 Å². The second-order valence-electron chi connectivity index (χ2n) is 7.99. The molecular formula is C19H34N2O4. The van der Waals surface area contributed by atoms with E-state index in [1.165, 1.54) is 12.8 Å². The number of rotatable bonds is 7. The Morgan fingerprint density at radius 1 is 1.12 bits per heavy atom. The Bertz CT molecular complexity index is 439. The number of carbonyl (C=O) groups excluding carboxylic acids is 1. The number of carbonyl (C=O) groups is 1. The molecule has 0 N–H and O–H groups in total. The van der Waals surface area contributed by atoms with E-state index in [4.69, 9.17) is 14.2 Å². The average molecular weight is 354 g/mol. The summed E-state index contributed by atoms with van der Waals surface area (Å²) in [6, 6.07) is 0. The third-order valence-electron chi connectivity index (χ3n) is 5.94. The predicted octanol–water partition coefficient (Wildman–Crippen LogP) is 2.23. The van der Waals surface area contributed by atoms with Crippen LogP contribution in [-0.2, 0) is 19.0 Å².